The van der Waals surface area contributed by atoms with Gasteiger partial charge in [-0.3, -0.25) is 9.20 Å². The van der Waals surface area contributed by atoms with Crippen LogP contribution in [-0.2, 0) is 0 Å². The summed E-state index contributed by atoms with van der Waals surface area (Å²) in [6.07, 6.45) is 5.17. The summed E-state index contributed by atoms with van der Waals surface area (Å²) in [5.74, 6) is 1.51. The van der Waals surface area contributed by atoms with Gasteiger partial charge in [0.1, 0.15) is 22.8 Å². The third-order valence-corrected chi connectivity index (χ3v) is 4.94. The molecule has 1 amide bonds. The lowest BCUT2D eigenvalue weighted by molar-refractivity contribution is 0.102. The molecule has 0 aliphatic carbocycles. The van der Waals surface area contributed by atoms with Crippen molar-refractivity contribution in [2.45, 2.75) is 13.8 Å². The fraction of sp³-hybridized carbons (Fsp3) is 0.182. The Hall–Kier alpha value is -3.94. The van der Waals surface area contributed by atoms with E-state index in [4.69, 9.17) is 10.7 Å². The Labute approximate surface area is 174 Å². The molecule has 0 saturated heterocycles. The van der Waals surface area contributed by atoms with Gasteiger partial charge in [0, 0.05) is 42.8 Å². The minimum Gasteiger partial charge on any atom is -0.382 e. The van der Waals surface area contributed by atoms with Gasteiger partial charge < -0.3 is 16.0 Å². The Morgan fingerprint density at radius 1 is 1.07 bits per heavy atom. The summed E-state index contributed by atoms with van der Waals surface area (Å²) in [5.41, 5.74) is 9.08. The van der Waals surface area contributed by atoms with Gasteiger partial charge in [-0.1, -0.05) is 18.2 Å². The average molecular weight is 401 g/mol. The molecule has 1 aromatic carbocycles. The number of nitrogens with one attached hydrogen (secondary N) is 1. The lowest BCUT2D eigenvalue weighted by atomic mass is 10.1. The molecule has 0 saturated carbocycles. The molecule has 4 rings (SSSR count). The zero-order valence-corrected chi connectivity index (χ0v) is 16.9. The van der Waals surface area contributed by atoms with Crippen LogP contribution < -0.4 is 16.0 Å². The van der Waals surface area contributed by atoms with Crippen LogP contribution in [0.4, 0.5) is 17.6 Å². The molecule has 8 heteroatoms. The van der Waals surface area contributed by atoms with Gasteiger partial charge in [-0.15, -0.1) is 0 Å². The first kappa shape index (κ1) is 19.4. The minimum atomic E-state index is -0.222. The maximum absolute atomic E-state index is 12.5. The number of carbonyl (C=O) groups is 1. The Morgan fingerprint density at radius 2 is 1.83 bits per heavy atom. The summed E-state index contributed by atoms with van der Waals surface area (Å²) in [5, 5.41) is 2.78. The maximum Gasteiger partial charge on any atom is 0.256 e. The number of anilines is 3. The molecule has 0 bridgehead atoms. The molecule has 0 unspecified atom stereocenters. The van der Waals surface area contributed by atoms with Crippen LogP contribution in [-0.4, -0.2) is 38.3 Å². The summed E-state index contributed by atoms with van der Waals surface area (Å²) in [7, 11) is 0. The van der Waals surface area contributed by atoms with Crippen molar-refractivity contribution in [2.24, 2.45) is 0 Å². The fourth-order valence-corrected chi connectivity index (χ4v) is 3.38. The summed E-state index contributed by atoms with van der Waals surface area (Å²) < 4.78 is 1.96. The van der Waals surface area contributed by atoms with Crippen molar-refractivity contribution in [1.82, 2.24) is 19.4 Å². The second kappa shape index (κ2) is 8.20. The third-order valence-electron chi connectivity index (χ3n) is 4.94. The van der Waals surface area contributed by atoms with Crippen LogP contribution in [0.2, 0.25) is 0 Å². The molecule has 0 spiro atoms. The third kappa shape index (κ3) is 3.55. The van der Waals surface area contributed by atoms with E-state index in [1.165, 1.54) is 0 Å². The number of hydrogen-bond acceptors (Lipinski definition) is 6. The molecular formula is C22H23N7O. The van der Waals surface area contributed by atoms with Crippen LogP contribution in [0, 0.1) is 0 Å². The quantitative estimate of drug-likeness (QED) is 0.513. The van der Waals surface area contributed by atoms with E-state index in [-0.39, 0.29) is 5.91 Å². The number of fused-ring (bicyclic) bond motifs is 1. The highest BCUT2D eigenvalue weighted by molar-refractivity contribution is 6.04. The van der Waals surface area contributed by atoms with Crippen LogP contribution in [0.1, 0.15) is 24.2 Å². The number of hydrogen-bond donors (Lipinski definition) is 2. The predicted octanol–water partition coefficient (Wildman–Crippen LogP) is 3.47. The first-order valence-electron chi connectivity index (χ1n) is 9.82. The number of imidazole rings is 1. The number of amides is 1. The van der Waals surface area contributed by atoms with Crippen LogP contribution in [0.5, 0.6) is 0 Å². The number of pyridine rings is 1. The zero-order chi connectivity index (χ0) is 21.1. The van der Waals surface area contributed by atoms with Gasteiger partial charge in [0.15, 0.2) is 0 Å². The lowest BCUT2D eigenvalue weighted by Crippen LogP contribution is -2.24. The minimum absolute atomic E-state index is 0.222. The van der Waals surface area contributed by atoms with Crippen LogP contribution in [0.3, 0.4) is 0 Å². The van der Waals surface area contributed by atoms with Crippen molar-refractivity contribution in [3.63, 3.8) is 0 Å². The molecule has 0 aliphatic heterocycles. The van der Waals surface area contributed by atoms with E-state index < -0.39 is 0 Å². The van der Waals surface area contributed by atoms with Crippen LogP contribution in [0.15, 0.2) is 61.1 Å². The molecule has 0 radical (unpaired) electrons. The SMILES string of the molecule is CCN(CC)c1nc(-c2ccc(C(=O)Nc3ccccn3)cc2)c2c(N)nccn12. The summed E-state index contributed by atoms with van der Waals surface area (Å²) in [4.78, 5) is 27.9. The zero-order valence-electron chi connectivity index (χ0n) is 16.9. The highest BCUT2D eigenvalue weighted by atomic mass is 16.1. The molecule has 152 valence electrons. The largest absolute Gasteiger partial charge is 0.382 e. The van der Waals surface area contributed by atoms with Crippen molar-refractivity contribution in [3.05, 3.63) is 66.6 Å². The average Bonchev–Trinajstić information content (AvgIpc) is 3.16. The number of nitrogen functional groups attached to an aromatic ring is 1. The normalized spacial score (nSPS) is 10.9. The van der Waals surface area contributed by atoms with Gasteiger partial charge in [-0.05, 0) is 38.1 Å². The molecule has 0 aliphatic rings. The topological polar surface area (TPSA) is 101 Å². The second-order valence-corrected chi connectivity index (χ2v) is 6.71. The number of carbonyl (C=O) groups excluding carboxylic acids is 1. The smallest absolute Gasteiger partial charge is 0.256 e. The van der Waals surface area contributed by atoms with Crippen LogP contribution >= 0.6 is 0 Å². The number of aromatic nitrogens is 4. The Morgan fingerprint density at radius 3 is 2.50 bits per heavy atom. The number of nitrogens with zero attached hydrogens (tertiary/aromatic N) is 5. The number of nitrogens with two attached hydrogens (primary N) is 1. The summed E-state index contributed by atoms with van der Waals surface area (Å²) >= 11 is 0. The molecular weight excluding hydrogens is 378 g/mol. The van der Waals surface area contributed by atoms with E-state index in [1.807, 2.05) is 28.8 Å². The summed E-state index contributed by atoms with van der Waals surface area (Å²) in [6.45, 7) is 5.82. The molecule has 4 aromatic rings. The highest BCUT2D eigenvalue weighted by Crippen LogP contribution is 2.31. The van der Waals surface area contributed by atoms with Gasteiger partial charge >= 0.3 is 0 Å². The number of benzene rings is 1. The Balaban J connectivity index is 1.70. The number of rotatable bonds is 6. The predicted molar refractivity (Wildman–Crippen MR) is 119 cm³/mol. The highest BCUT2D eigenvalue weighted by Gasteiger charge is 2.19. The van der Waals surface area contributed by atoms with Gasteiger partial charge in [0.2, 0.25) is 5.95 Å². The molecule has 30 heavy (non-hydrogen) atoms. The van der Waals surface area contributed by atoms with Gasteiger partial charge in [-0.2, -0.15) is 0 Å². The Kier molecular flexibility index (Phi) is 5.30. The first-order valence-corrected chi connectivity index (χ1v) is 9.82. The van der Waals surface area contributed by atoms with Crippen molar-refractivity contribution >= 4 is 29.0 Å². The molecule has 3 heterocycles. The summed E-state index contributed by atoms with van der Waals surface area (Å²) in [6, 6.07) is 12.6. The van der Waals surface area contributed by atoms with Gasteiger partial charge in [-0.25, -0.2) is 15.0 Å². The van der Waals surface area contributed by atoms with Crippen molar-refractivity contribution in [1.29, 1.82) is 0 Å². The van der Waals surface area contributed by atoms with E-state index in [1.54, 1.807) is 36.7 Å². The van der Waals surface area contributed by atoms with Crippen LogP contribution in [0.25, 0.3) is 16.8 Å². The fourth-order valence-electron chi connectivity index (χ4n) is 3.38. The molecule has 3 N–H and O–H groups in total. The molecule has 3 aromatic heterocycles. The van der Waals surface area contributed by atoms with E-state index in [0.717, 1.165) is 35.8 Å². The molecule has 0 atom stereocenters. The van der Waals surface area contributed by atoms with E-state index >= 15 is 0 Å². The van der Waals surface area contributed by atoms with Crippen molar-refractivity contribution in [3.8, 4) is 11.3 Å². The maximum atomic E-state index is 12.5. The first-order chi connectivity index (χ1) is 14.6. The van der Waals surface area contributed by atoms with E-state index in [0.29, 0.717) is 17.2 Å². The van der Waals surface area contributed by atoms with E-state index in [9.17, 15) is 4.79 Å². The van der Waals surface area contributed by atoms with Crippen molar-refractivity contribution < 1.29 is 4.79 Å². The monoisotopic (exact) mass is 401 g/mol. The van der Waals surface area contributed by atoms with Gasteiger partial charge in [0.25, 0.3) is 5.91 Å². The standard InChI is InChI=1S/C22H23N7O/c1-3-28(4-2)22-27-18(19-20(23)25-13-14-29(19)22)15-8-10-16(11-9-15)21(30)26-17-7-5-6-12-24-17/h5-14H,3-4H2,1-2H3,(H2,23,25)(H,24,26,30). The second-order valence-electron chi connectivity index (χ2n) is 6.71. The van der Waals surface area contributed by atoms with E-state index in [2.05, 4.69) is 34.0 Å². The Bertz CT molecular complexity index is 1170. The van der Waals surface area contributed by atoms with Gasteiger partial charge in [0.05, 0.1) is 0 Å². The molecule has 8 nitrogen and oxygen atoms in total. The molecule has 0 fully saturated rings. The van der Waals surface area contributed by atoms with Crippen molar-refractivity contribution in [2.75, 3.05) is 29.0 Å². The lowest BCUT2D eigenvalue weighted by Gasteiger charge is -2.18.